The van der Waals surface area contributed by atoms with E-state index in [9.17, 15) is 0 Å². The molecule has 70 valence electrons. The lowest BCUT2D eigenvalue weighted by Crippen LogP contribution is -2.41. The molecule has 0 radical (unpaired) electrons. The van der Waals surface area contributed by atoms with E-state index in [0.717, 1.165) is 18.8 Å². The highest BCUT2D eigenvalue weighted by molar-refractivity contribution is 5.06. The van der Waals surface area contributed by atoms with Gasteiger partial charge in [-0.3, -0.25) is 0 Å². The zero-order chi connectivity index (χ0) is 9.10. The number of morpholine rings is 1. The van der Waals surface area contributed by atoms with Crippen LogP contribution in [0, 0.1) is 0 Å². The van der Waals surface area contributed by atoms with Crippen LogP contribution in [0.1, 0.15) is 18.7 Å². The fraction of sp³-hybridized carbons (Fsp3) is 0.556. The molecular formula is C9H13N3O. The minimum Gasteiger partial charge on any atom is -0.369 e. The summed E-state index contributed by atoms with van der Waals surface area (Å²) in [5.41, 5.74) is 0.953. The summed E-state index contributed by atoms with van der Waals surface area (Å²) in [6.45, 7) is 3.77. The largest absolute Gasteiger partial charge is 0.369 e. The first-order valence-corrected chi connectivity index (χ1v) is 4.49. The van der Waals surface area contributed by atoms with Gasteiger partial charge >= 0.3 is 0 Å². The molecule has 1 saturated heterocycles. The van der Waals surface area contributed by atoms with E-state index in [1.54, 1.807) is 12.5 Å². The van der Waals surface area contributed by atoms with Crippen LogP contribution in [0.2, 0.25) is 0 Å². The average Bonchev–Trinajstić information content (AvgIpc) is 2.20. The van der Waals surface area contributed by atoms with Gasteiger partial charge in [0.25, 0.3) is 0 Å². The van der Waals surface area contributed by atoms with Crippen LogP contribution in [0.15, 0.2) is 18.6 Å². The van der Waals surface area contributed by atoms with E-state index in [0.29, 0.717) is 6.04 Å². The van der Waals surface area contributed by atoms with Crippen molar-refractivity contribution in [1.29, 1.82) is 0 Å². The maximum atomic E-state index is 5.62. The van der Waals surface area contributed by atoms with Crippen molar-refractivity contribution in [2.45, 2.75) is 19.1 Å². The summed E-state index contributed by atoms with van der Waals surface area (Å²) in [5, 5.41) is 3.35. The molecule has 1 aromatic heterocycles. The number of hydrogen-bond acceptors (Lipinski definition) is 4. The van der Waals surface area contributed by atoms with Crippen molar-refractivity contribution in [3.63, 3.8) is 0 Å². The van der Waals surface area contributed by atoms with E-state index >= 15 is 0 Å². The van der Waals surface area contributed by atoms with Crippen molar-refractivity contribution < 1.29 is 4.74 Å². The Kier molecular flexibility index (Phi) is 2.52. The second-order valence-corrected chi connectivity index (χ2v) is 3.17. The summed E-state index contributed by atoms with van der Waals surface area (Å²) in [4.78, 5) is 8.05. The standard InChI is InChI=1S/C9H13N3O/c1-7-9(13-5-4-11-7)8-2-3-10-6-12-8/h2-3,6-7,9,11H,4-5H2,1H3. The Morgan fingerprint density at radius 2 is 2.54 bits per heavy atom. The first-order valence-electron chi connectivity index (χ1n) is 4.49. The van der Waals surface area contributed by atoms with E-state index in [-0.39, 0.29) is 6.10 Å². The molecule has 1 N–H and O–H groups in total. The summed E-state index contributed by atoms with van der Waals surface area (Å²) >= 11 is 0. The molecule has 2 unspecified atom stereocenters. The van der Waals surface area contributed by atoms with Crippen LogP contribution < -0.4 is 5.32 Å². The smallest absolute Gasteiger partial charge is 0.115 e. The van der Waals surface area contributed by atoms with Crippen LogP contribution in [-0.4, -0.2) is 29.2 Å². The number of nitrogens with zero attached hydrogens (tertiary/aromatic N) is 2. The lowest BCUT2D eigenvalue weighted by molar-refractivity contribution is -0.00289. The number of nitrogens with one attached hydrogen (secondary N) is 1. The van der Waals surface area contributed by atoms with Gasteiger partial charge < -0.3 is 10.1 Å². The predicted octanol–water partition coefficient (Wildman–Crippen LogP) is 0.526. The lowest BCUT2D eigenvalue weighted by atomic mass is 10.1. The van der Waals surface area contributed by atoms with Crippen LogP contribution in [0.4, 0.5) is 0 Å². The van der Waals surface area contributed by atoms with Gasteiger partial charge in [-0.25, -0.2) is 9.97 Å². The van der Waals surface area contributed by atoms with Gasteiger partial charge in [0.1, 0.15) is 12.4 Å². The van der Waals surface area contributed by atoms with E-state index in [2.05, 4.69) is 22.2 Å². The van der Waals surface area contributed by atoms with E-state index in [1.807, 2.05) is 6.07 Å². The lowest BCUT2D eigenvalue weighted by Gasteiger charge is -2.29. The van der Waals surface area contributed by atoms with Crippen molar-refractivity contribution in [3.8, 4) is 0 Å². The van der Waals surface area contributed by atoms with Crippen molar-refractivity contribution in [2.75, 3.05) is 13.2 Å². The van der Waals surface area contributed by atoms with Crippen LogP contribution in [0.5, 0.6) is 0 Å². The van der Waals surface area contributed by atoms with E-state index in [4.69, 9.17) is 4.74 Å². The Bertz CT molecular complexity index is 265. The molecule has 1 aromatic rings. The molecule has 0 aliphatic carbocycles. The van der Waals surface area contributed by atoms with Crippen molar-refractivity contribution in [1.82, 2.24) is 15.3 Å². The molecule has 2 atom stereocenters. The Labute approximate surface area is 77.4 Å². The fourth-order valence-corrected chi connectivity index (χ4v) is 1.53. The Balaban J connectivity index is 2.15. The van der Waals surface area contributed by atoms with Gasteiger partial charge in [-0.1, -0.05) is 0 Å². The van der Waals surface area contributed by atoms with Crippen molar-refractivity contribution in [2.24, 2.45) is 0 Å². The van der Waals surface area contributed by atoms with E-state index < -0.39 is 0 Å². The number of ether oxygens (including phenoxy) is 1. The molecule has 4 nitrogen and oxygen atoms in total. The van der Waals surface area contributed by atoms with E-state index in [1.165, 1.54) is 0 Å². The van der Waals surface area contributed by atoms with Gasteiger partial charge in [-0.2, -0.15) is 0 Å². The third-order valence-corrected chi connectivity index (χ3v) is 2.22. The highest BCUT2D eigenvalue weighted by Gasteiger charge is 2.23. The molecule has 13 heavy (non-hydrogen) atoms. The molecule has 0 amide bonds. The topological polar surface area (TPSA) is 47.0 Å². The molecule has 1 aliphatic heterocycles. The summed E-state index contributed by atoms with van der Waals surface area (Å²) in [7, 11) is 0. The van der Waals surface area contributed by atoms with Gasteiger partial charge in [0.15, 0.2) is 0 Å². The number of rotatable bonds is 1. The molecule has 1 aliphatic rings. The van der Waals surface area contributed by atoms with Gasteiger partial charge in [-0.15, -0.1) is 0 Å². The maximum Gasteiger partial charge on any atom is 0.115 e. The molecule has 1 fully saturated rings. The summed E-state index contributed by atoms with van der Waals surface area (Å²) in [6.07, 6.45) is 3.37. The second-order valence-electron chi connectivity index (χ2n) is 3.17. The first kappa shape index (κ1) is 8.59. The molecule has 0 saturated carbocycles. The van der Waals surface area contributed by atoms with Crippen LogP contribution >= 0.6 is 0 Å². The van der Waals surface area contributed by atoms with Crippen LogP contribution in [0.25, 0.3) is 0 Å². The monoisotopic (exact) mass is 179 g/mol. The minimum atomic E-state index is 0.0664. The zero-order valence-electron chi connectivity index (χ0n) is 7.60. The van der Waals surface area contributed by atoms with Crippen LogP contribution in [-0.2, 0) is 4.74 Å². The highest BCUT2D eigenvalue weighted by Crippen LogP contribution is 2.20. The molecule has 0 aromatic carbocycles. The molecule has 4 heteroatoms. The zero-order valence-corrected chi connectivity index (χ0v) is 7.60. The van der Waals surface area contributed by atoms with Gasteiger partial charge in [-0.05, 0) is 13.0 Å². The van der Waals surface area contributed by atoms with Gasteiger partial charge in [0, 0.05) is 18.8 Å². The molecule has 0 bridgehead atoms. The summed E-state index contributed by atoms with van der Waals surface area (Å²) in [6, 6.07) is 2.22. The molecule has 2 heterocycles. The summed E-state index contributed by atoms with van der Waals surface area (Å²) < 4.78 is 5.62. The molecule has 2 rings (SSSR count). The third-order valence-electron chi connectivity index (χ3n) is 2.22. The Morgan fingerprint density at radius 3 is 3.23 bits per heavy atom. The van der Waals surface area contributed by atoms with Crippen molar-refractivity contribution in [3.05, 3.63) is 24.3 Å². The van der Waals surface area contributed by atoms with Crippen molar-refractivity contribution >= 4 is 0 Å². The Morgan fingerprint density at radius 1 is 1.62 bits per heavy atom. The maximum absolute atomic E-state index is 5.62. The normalized spacial score (nSPS) is 28.7. The first-order chi connectivity index (χ1) is 6.38. The van der Waals surface area contributed by atoms with Gasteiger partial charge in [0.2, 0.25) is 0 Å². The third kappa shape index (κ3) is 1.84. The average molecular weight is 179 g/mol. The molecule has 0 spiro atoms. The number of hydrogen-bond donors (Lipinski definition) is 1. The second kappa shape index (κ2) is 3.81. The molecular weight excluding hydrogens is 166 g/mol. The Hall–Kier alpha value is -1.00. The quantitative estimate of drug-likeness (QED) is 0.683. The number of aromatic nitrogens is 2. The SMILES string of the molecule is CC1NCCOC1c1ccncn1. The predicted molar refractivity (Wildman–Crippen MR) is 48.2 cm³/mol. The fourth-order valence-electron chi connectivity index (χ4n) is 1.53. The summed E-state index contributed by atoms with van der Waals surface area (Å²) in [5.74, 6) is 0. The van der Waals surface area contributed by atoms with Crippen LogP contribution in [0.3, 0.4) is 0 Å². The minimum absolute atomic E-state index is 0.0664. The van der Waals surface area contributed by atoms with Gasteiger partial charge in [0.05, 0.1) is 12.3 Å². The highest BCUT2D eigenvalue weighted by atomic mass is 16.5.